The third-order valence-corrected chi connectivity index (χ3v) is 2.88. The summed E-state index contributed by atoms with van der Waals surface area (Å²) >= 11 is 0. The molecule has 2 aromatic rings. The zero-order valence-corrected chi connectivity index (χ0v) is 8.67. The summed E-state index contributed by atoms with van der Waals surface area (Å²) in [6.45, 7) is 0. The van der Waals surface area contributed by atoms with Gasteiger partial charge in [0.2, 0.25) is 0 Å². The highest BCUT2D eigenvalue weighted by Gasteiger charge is 2.18. The third-order valence-electron chi connectivity index (χ3n) is 2.88. The number of hydrogen-bond donors (Lipinski definition) is 1. The van der Waals surface area contributed by atoms with Crippen LogP contribution in [0.3, 0.4) is 0 Å². The lowest BCUT2D eigenvalue weighted by Crippen LogP contribution is -2.02. The van der Waals surface area contributed by atoms with Crippen LogP contribution in [-0.4, -0.2) is 10.1 Å². The Morgan fingerprint density at radius 3 is 2.69 bits per heavy atom. The van der Waals surface area contributed by atoms with Crippen molar-refractivity contribution in [1.82, 2.24) is 4.98 Å². The molecule has 1 N–H and O–H groups in total. The number of benzene rings is 1. The Balaban J connectivity index is 2.26. The van der Waals surface area contributed by atoms with Crippen molar-refractivity contribution in [3.63, 3.8) is 0 Å². The summed E-state index contributed by atoms with van der Waals surface area (Å²) < 4.78 is 0. The first-order valence-corrected chi connectivity index (χ1v) is 5.26. The molecule has 1 unspecified atom stereocenters. The van der Waals surface area contributed by atoms with Crippen LogP contribution in [0.2, 0.25) is 0 Å². The zero-order valence-electron chi connectivity index (χ0n) is 8.67. The topological polar surface area (TPSA) is 33.1 Å². The van der Waals surface area contributed by atoms with E-state index in [1.807, 2.05) is 48.6 Å². The molecule has 0 bridgehead atoms. The van der Waals surface area contributed by atoms with Crippen molar-refractivity contribution in [2.24, 2.45) is 0 Å². The lowest BCUT2D eigenvalue weighted by molar-refractivity contribution is 0.219. The SMILES string of the molecule is OC1c2ccccc2C=Cc2ncccc21. The summed E-state index contributed by atoms with van der Waals surface area (Å²) in [4.78, 5) is 4.27. The van der Waals surface area contributed by atoms with Crippen molar-refractivity contribution in [2.45, 2.75) is 6.10 Å². The highest BCUT2D eigenvalue weighted by Crippen LogP contribution is 2.31. The number of aromatic nitrogens is 1. The molecule has 0 saturated carbocycles. The summed E-state index contributed by atoms with van der Waals surface area (Å²) in [6, 6.07) is 11.6. The number of nitrogens with zero attached hydrogens (tertiary/aromatic N) is 1. The van der Waals surface area contributed by atoms with Gasteiger partial charge in [0.15, 0.2) is 0 Å². The van der Waals surface area contributed by atoms with Crippen molar-refractivity contribution in [1.29, 1.82) is 0 Å². The smallest absolute Gasteiger partial charge is 0.107 e. The molecule has 1 aromatic heterocycles. The fourth-order valence-electron chi connectivity index (χ4n) is 2.05. The Kier molecular flexibility index (Phi) is 2.08. The van der Waals surface area contributed by atoms with Gasteiger partial charge in [0.25, 0.3) is 0 Å². The fraction of sp³-hybridized carbons (Fsp3) is 0.0714. The summed E-state index contributed by atoms with van der Waals surface area (Å²) in [5.74, 6) is 0. The van der Waals surface area contributed by atoms with E-state index in [4.69, 9.17) is 0 Å². The van der Waals surface area contributed by atoms with Gasteiger partial charge in [-0.05, 0) is 23.3 Å². The van der Waals surface area contributed by atoms with Gasteiger partial charge in [-0.2, -0.15) is 0 Å². The molecule has 1 heterocycles. The summed E-state index contributed by atoms with van der Waals surface area (Å²) in [5, 5.41) is 10.3. The van der Waals surface area contributed by atoms with Crippen LogP contribution in [0.15, 0.2) is 42.6 Å². The predicted octanol–water partition coefficient (Wildman–Crippen LogP) is 2.65. The molecule has 0 amide bonds. The van der Waals surface area contributed by atoms with E-state index in [0.29, 0.717) is 0 Å². The molecule has 0 radical (unpaired) electrons. The number of aliphatic hydroxyl groups excluding tert-OH is 1. The number of pyridine rings is 1. The second kappa shape index (κ2) is 3.58. The van der Waals surface area contributed by atoms with E-state index < -0.39 is 6.10 Å². The van der Waals surface area contributed by atoms with Gasteiger partial charge >= 0.3 is 0 Å². The molecule has 3 rings (SSSR count). The monoisotopic (exact) mass is 209 g/mol. The maximum Gasteiger partial charge on any atom is 0.107 e. The quantitative estimate of drug-likeness (QED) is 0.723. The second-order valence-corrected chi connectivity index (χ2v) is 3.84. The first-order chi connectivity index (χ1) is 7.86. The van der Waals surface area contributed by atoms with Crippen molar-refractivity contribution in [3.8, 4) is 0 Å². The molecule has 1 aliphatic rings. The van der Waals surface area contributed by atoms with E-state index in [1.165, 1.54) is 0 Å². The van der Waals surface area contributed by atoms with Crippen LogP contribution in [0.4, 0.5) is 0 Å². The molecule has 0 fully saturated rings. The Labute approximate surface area is 93.9 Å². The molecule has 2 heteroatoms. The Bertz CT molecular complexity index is 511. The van der Waals surface area contributed by atoms with Crippen LogP contribution in [0, 0.1) is 0 Å². The van der Waals surface area contributed by atoms with Gasteiger partial charge in [-0.25, -0.2) is 0 Å². The Morgan fingerprint density at radius 2 is 1.75 bits per heavy atom. The highest BCUT2D eigenvalue weighted by atomic mass is 16.3. The molecule has 0 aliphatic heterocycles. The van der Waals surface area contributed by atoms with E-state index in [-0.39, 0.29) is 0 Å². The Hall–Kier alpha value is -1.93. The van der Waals surface area contributed by atoms with E-state index in [2.05, 4.69) is 4.98 Å². The minimum atomic E-state index is -0.588. The van der Waals surface area contributed by atoms with Crippen LogP contribution in [0.25, 0.3) is 12.2 Å². The van der Waals surface area contributed by atoms with Crippen molar-refractivity contribution < 1.29 is 5.11 Å². The number of fused-ring (bicyclic) bond motifs is 2. The normalized spacial score (nSPS) is 17.4. The van der Waals surface area contributed by atoms with Gasteiger partial charge in [0.1, 0.15) is 6.10 Å². The number of rotatable bonds is 0. The van der Waals surface area contributed by atoms with E-state index in [0.717, 1.165) is 22.4 Å². The van der Waals surface area contributed by atoms with Gasteiger partial charge in [0, 0.05) is 11.8 Å². The van der Waals surface area contributed by atoms with E-state index >= 15 is 0 Å². The van der Waals surface area contributed by atoms with Gasteiger partial charge in [-0.1, -0.05) is 36.4 Å². The first-order valence-electron chi connectivity index (χ1n) is 5.26. The average molecular weight is 209 g/mol. The lowest BCUT2D eigenvalue weighted by atomic mass is 9.99. The molecular weight excluding hydrogens is 198 g/mol. The zero-order chi connectivity index (χ0) is 11.0. The summed E-state index contributed by atoms with van der Waals surface area (Å²) in [5.41, 5.74) is 3.69. The molecule has 78 valence electrons. The third kappa shape index (κ3) is 1.35. The number of aliphatic hydroxyl groups is 1. The maximum absolute atomic E-state index is 10.3. The predicted molar refractivity (Wildman–Crippen MR) is 63.7 cm³/mol. The van der Waals surface area contributed by atoms with Crippen LogP contribution in [0.1, 0.15) is 28.5 Å². The van der Waals surface area contributed by atoms with Crippen molar-refractivity contribution in [2.75, 3.05) is 0 Å². The molecule has 1 aromatic carbocycles. The largest absolute Gasteiger partial charge is 0.384 e. The number of hydrogen-bond acceptors (Lipinski definition) is 2. The molecule has 0 saturated heterocycles. The highest BCUT2D eigenvalue weighted by molar-refractivity contribution is 5.74. The molecular formula is C14H11NO. The second-order valence-electron chi connectivity index (χ2n) is 3.84. The van der Waals surface area contributed by atoms with Gasteiger partial charge < -0.3 is 5.11 Å². The van der Waals surface area contributed by atoms with Crippen LogP contribution in [0.5, 0.6) is 0 Å². The minimum absolute atomic E-state index is 0.588. The molecule has 16 heavy (non-hydrogen) atoms. The van der Waals surface area contributed by atoms with Crippen molar-refractivity contribution >= 4 is 12.2 Å². The van der Waals surface area contributed by atoms with Gasteiger partial charge in [0.05, 0.1) is 5.69 Å². The average Bonchev–Trinajstić information content (AvgIpc) is 2.49. The van der Waals surface area contributed by atoms with Crippen LogP contribution in [-0.2, 0) is 0 Å². The van der Waals surface area contributed by atoms with E-state index in [1.54, 1.807) is 6.20 Å². The lowest BCUT2D eigenvalue weighted by Gasteiger charge is -2.13. The fourth-order valence-corrected chi connectivity index (χ4v) is 2.05. The Morgan fingerprint density at radius 1 is 0.938 bits per heavy atom. The van der Waals surface area contributed by atoms with Gasteiger partial charge in [-0.3, -0.25) is 4.98 Å². The molecule has 0 spiro atoms. The standard InChI is InChI=1S/C14H11NO/c16-14-11-5-2-1-4-10(11)7-8-13-12(14)6-3-9-15-13/h1-9,14,16H. The van der Waals surface area contributed by atoms with Crippen molar-refractivity contribution in [3.05, 3.63) is 65.0 Å². The molecule has 1 aliphatic carbocycles. The van der Waals surface area contributed by atoms with Crippen LogP contribution >= 0.6 is 0 Å². The minimum Gasteiger partial charge on any atom is -0.384 e. The first kappa shape index (κ1) is 9.31. The summed E-state index contributed by atoms with van der Waals surface area (Å²) in [7, 11) is 0. The van der Waals surface area contributed by atoms with E-state index in [9.17, 15) is 5.11 Å². The summed E-state index contributed by atoms with van der Waals surface area (Å²) in [6.07, 6.45) is 5.10. The van der Waals surface area contributed by atoms with Crippen LogP contribution < -0.4 is 0 Å². The molecule has 1 atom stereocenters. The van der Waals surface area contributed by atoms with Gasteiger partial charge in [-0.15, -0.1) is 0 Å². The molecule has 2 nitrogen and oxygen atoms in total. The maximum atomic E-state index is 10.3.